The van der Waals surface area contributed by atoms with E-state index in [9.17, 15) is 0 Å². The van der Waals surface area contributed by atoms with Crippen LogP contribution in [0.5, 0.6) is 5.75 Å². The minimum atomic E-state index is 0.409. The van der Waals surface area contributed by atoms with Gasteiger partial charge in [-0.3, -0.25) is 0 Å². The fraction of sp³-hybridized carbons (Fsp3) is 0.412. The van der Waals surface area contributed by atoms with Gasteiger partial charge in [0.05, 0.1) is 6.54 Å². The largest absolute Gasteiger partial charge is 0.492 e. The van der Waals surface area contributed by atoms with Crippen molar-refractivity contribution in [3.63, 3.8) is 0 Å². The molecule has 1 N–H and O–H groups in total. The number of rotatable bonds is 8. The van der Waals surface area contributed by atoms with Crippen LogP contribution in [0.3, 0.4) is 0 Å². The van der Waals surface area contributed by atoms with E-state index in [1.54, 1.807) is 0 Å². The minimum absolute atomic E-state index is 0.409. The maximum Gasteiger partial charge on any atom is 0.119 e. The van der Waals surface area contributed by atoms with Gasteiger partial charge in [-0.15, -0.1) is 0 Å². The highest BCUT2D eigenvalue weighted by Crippen LogP contribution is 2.13. The van der Waals surface area contributed by atoms with Crippen molar-refractivity contribution in [1.82, 2.24) is 9.88 Å². The molecule has 0 aliphatic carbocycles. The summed E-state index contributed by atoms with van der Waals surface area (Å²) in [5.41, 5.74) is 1.33. The van der Waals surface area contributed by atoms with Gasteiger partial charge >= 0.3 is 0 Å². The summed E-state index contributed by atoms with van der Waals surface area (Å²) in [6.07, 6.45) is 5.48. The van der Waals surface area contributed by atoms with Crippen molar-refractivity contribution in [1.29, 1.82) is 0 Å². The summed E-state index contributed by atoms with van der Waals surface area (Å²) >= 11 is 0. The highest BCUT2D eigenvalue weighted by molar-refractivity contribution is 5.20. The molecular weight excluding hydrogens is 248 g/mol. The lowest BCUT2D eigenvalue weighted by Crippen LogP contribution is -2.18. The Balaban J connectivity index is 1.78. The third kappa shape index (κ3) is 4.42. The molecule has 3 nitrogen and oxygen atoms in total. The van der Waals surface area contributed by atoms with Gasteiger partial charge in [0.1, 0.15) is 12.4 Å². The Bertz CT molecular complexity index is 493. The molecule has 2 rings (SSSR count). The van der Waals surface area contributed by atoms with E-state index < -0.39 is 0 Å². The molecule has 1 unspecified atom stereocenters. The molecule has 1 heterocycles. The maximum atomic E-state index is 5.71. The summed E-state index contributed by atoms with van der Waals surface area (Å²) in [5.74, 6) is 0.929. The van der Waals surface area contributed by atoms with Crippen LogP contribution >= 0.6 is 0 Å². The zero-order valence-electron chi connectivity index (χ0n) is 12.4. The summed E-state index contributed by atoms with van der Waals surface area (Å²) in [6.45, 7) is 7.01. The number of nitrogens with zero attached hydrogens (tertiary/aromatic N) is 1. The predicted molar refractivity (Wildman–Crippen MR) is 83.1 cm³/mol. The Morgan fingerprint density at radius 3 is 2.75 bits per heavy atom. The Hall–Kier alpha value is -1.74. The molecule has 0 saturated carbocycles. The van der Waals surface area contributed by atoms with Crippen LogP contribution in [0.15, 0.2) is 48.8 Å². The van der Waals surface area contributed by atoms with Gasteiger partial charge in [0.15, 0.2) is 0 Å². The number of benzene rings is 1. The molecule has 1 aromatic carbocycles. The lowest BCUT2D eigenvalue weighted by atomic mass is 10.2. The van der Waals surface area contributed by atoms with Crippen LogP contribution in [-0.2, 0) is 6.54 Å². The number of para-hydroxylation sites is 1. The highest BCUT2D eigenvalue weighted by Gasteiger charge is 2.05. The van der Waals surface area contributed by atoms with Gasteiger partial charge in [0, 0.05) is 18.4 Å². The number of hydrogen-bond acceptors (Lipinski definition) is 2. The molecule has 1 aromatic heterocycles. The third-order valence-electron chi connectivity index (χ3n) is 3.34. The second-order valence-corrected chi connectivity index (χ2v) is 5.02. The van der Waals surface area contributed by atoms with E-state index in [-0.39, 0.29) is 0 Å². The fourth-order valence-electron chi connectivity index (χ4n) is 2.12. The van der Waals surface area contributed by atoms with Crippen LogP contribution in [-0.4, -0.2) is 17.7 Å². The molecule has 0 saturated heterocycles. The molecule has 2 aromatic rings. The van der Waals surface area contributed by atoms with Gasteiger partial charge in [0.2, 0.25) is 0 Å². The van der Waals surface area contributed by atoms with Gasteiger partial charge in [-0.05, 0) is 43.7 Å². The van der Waals surface area contributed by atoms with Gasteiger partial charge in [0.25, 0.3) is 0 Å². The van der Waals surface area contributed by atoms with E-state index in [1.807, 2.05) is 30.3 Å². The second kappa shape index (κ2) is 7.75. The van der Waals surface area contributed by atoms with Crippen LogP contribution in [0.1, 0.15) is 31.9 Å². The highest BCUT2D eigenvalue weighted by atomic mass is 16.5. The number of hydrogen-bond donors (Lipinski definition) is 1. The Kier molecular flexibility index (Phi) is 5.69. The summed E-state index contributed by atoms with van der Waals surface area (Å²) < 4.78 is 7.89. The molecule has 0 spiro atoms. The van der Waals surface area contributed by atoms with Gasteiger partial charge < -0.3 is 14.6 Å². The van der Waals surface area contributed by atoms with E-state index in [2.05, 4.69) is 42.2 Å². The Labute approximate surface area is 121 Å². The molecule has 1 atom stereocenters. The van der Waals surface area contributed by atoms with Crippen LogP contribution < -0.4 is 10.1 Å². The summed E-state index contributed by atoms with van der Waals surface area (Å²) in [4.78, 5) is 0. The average molecular weight is 272 g/mol. The lowest BCUT2D eigenvalue weighted by Gasteiger charge is -2.11. The molecule has 108 valence electrons. The van der Waals surface area contributed by atoms with Gasteiger partial charge in [-0.2, -0.15) is 0 Å². The third-order valence-corrected chi connectivity index (χ3v) is 3.34. The van der Waals surface area contributed by atoms with E-state index in [1.165, 1.54) is 5.56 Å². The van der Waals surface area contributed by atoms with Crippen LogP contribution in [0.2, 0.25) is 0 Å². The first kappa shape index (κ1) is 14.7. The topological polar surface area (TPSA) is 26.2 Å². The zero-order valence-corrected chi connectivity index (χ0v) is 12.4. The smallest absolute Gasteiger partial charge is 0.119 e. The monoisotopic (exact) mass is 272 g/mol. The normalized spacial score (nSPS) is 12.3. The van der Waals surface area contributed by atoms with E-state index >= 15 is 0 Å². The van der Waals surface area contributed by atoms with E-state index in [4.69, 9.17) is 4.74 Å². The molecule has 0 fully saturated rings. The van der Waals surface area contributed by atoms with Crippen molar-refractivity contribution < 1.29 is 4.74 Å². The molecule has 0 bridgehead atoms. The minimum Gasteiger partial charge on any atom is -0.492 e. The molecule has 0 aliphatic rings. The first-order valence-corrected chi connectivity index (χ1v) is 7.36. The first-order valence-electron chi connectivity index (χ1n) is 7.36. The summed E-state index contributed by atoms with van der Waals surface area (Å²) in [7, 11) is 0. The molecule has 3 heteroatoms. The number of ether oxygens (including phenoxy) is 1. The van der Waals surface area contributed by atoms with Crippen LogP contribution in [0.4, 0.5) is 0 Å². The molecule has 20 heavy (non-hydrogen) atoms. The van der Waals surface area contributed by atoms with E-state index in [0.29, 0.717) is 12.6 Å². The number of nitrogens with one attached hydrogen (secondary N) is 1. The summed E-state index contributed by atoms with van der Waals surface area (Å²) in [5, 5.41) is 3.50. The Morgan fingerprint density at radius 1 is 1.20 bits per heavy atom. The van der Waals surface area contributed by atoms with Crippen molar-refractivity contribution in [3.8, 4) is 5.75 Å². The first-order chi connectivity index (χ1) is 9.79. The summed E-state index contributed by atoms with van der Waals surface area (Å²) in [6, 6.07) is 12.5. The average Bonchev–Trinajstić information content (AvgIpc) is 2.95. The number of aromatic nitrogens is 1. The van der Waals surface area contributed by atoms with Crippen LogP contribution in [0.25, 0.3) is 0 Å². The zero-order chi connectivity index (χ0) is 14.2. The molecule has 0 amide bonds. The van der Waals surface area contributed by atoms with Crippen molar-refractivity contribution in [2.24, 2.45) is 0 Å². The van der Waals surface area contributed by atoms with Crippen molar-refractivity contribution in [2.75, 3.05) is 13.2 Å². The van der Waals surface area contributed by atoms with Crippen molar-refractivity contribution in [3.05, 3.63) is 54.4 Å². The standard InChI is InChI=1S/C17H24N2O/c1-3-10-18-15(2)16-9-11-19(14-16)12-13-20-17-7-5-4-6-8-17/h4-9,11,14-15,18H,3,10,12-13H2,1-2H3. The van der Waals surface area contributed by atoms with Gasteiger partial charge in [-0.25, -0.2) is 0 Å². The maximum absolute atomic E-state index is 5.71. The van der Waals surface area contributed by atoms with E-state index in [0.717, 1.165) is 25.3 Å². The molecule has 0 radical (unpaired) electrons. The molecule has 0 aliphatic heterocycles. The predicted octanol–water partition coefficient (Wildman–Crippen LogP) is 3.63. The van der Waals surface area contributed by atoms with Crippen molar-refractivity contribution >= 4 is 0 Å². The quantitative estimate of drug-likeness (QED) is 0.794. The fourth-order valence-corrected chi connectivity index (χ4v) is 2.12. The lowest BCUT2D eigenvalue weighted by molar-refractivity contribution is 0.298. The SMILES string of the molecule is CCCNC(C)c1ccn(CCOc2ccccc2)c1. The van der Waals surface area contributed by atoms with Gasteiger partial charge in [-0.1, -0.05) is 25.1 Å². The van der Waals surface area contributed by atoms with Crippen molar-refractivity contribution in [2.45, 2.75) is 32.9 Å². The molecular formula is C17H24N2O. The Morgan fingerprint density at radius 2 is 2.00 bits per heavy atom. The van der Waals surface area contributed by atoms with Crippen LogP contribution in [0, 0.1) is 0 Å². The second-order valence-electron chi connectivity index (χ2n) is 5.02.